The molecule has 162 valence electrons. The first-order chi connectivity index (χ1) is 14.4. The minimum absolute atomic E-state index is 0.0164. The summed E-state index contributed by atoms with van der Waals surface area (Å²) in [5, 5.41) is 7.31. The third-order valence-corrected chi connectivity index (χ3v) is 6.48. The average molecular weight is 436 g/mol. The number of benzene rings is 1. The lowest BCUT2D eigenvalue weighted by Gasteiger charge is -2.31. The first-order valence-electron chi connectivity index (χ1n) is 10.5. The van der Waals surface area contributed by atoms with Gasteiger partial charge in [-0.3, -0.25) is 14.3 Å². The van der Waals surface area contributed by atoms with E-state index in [0.717, 1.165) is 57.4 Å². The largest absolute Gasteiger partial charge is 0.345 e. The zero-order valence-corrected chi connectivity index (χ0v) is 17.9. The third kappa shape index (κ3) is 4.44. The van der Waals surface area contributed by atoms with E-state index < -0.39 is 5.82 Å². The second-order valence-electron chi connectivity index (χ2n) is 8.30. The van der Waals surface area contributed by atoms with Gasteiger partial charge in [-0.25, -0.2) is 13.9 Å². The maximum absolute atomic E-state index is 13.3. The number of hydrogen-bond donors (Lipinski definition) is 1. The Labute approximate surface area is 179 Å². The van der Waals surface area contributed by atoms with Crippen LogP contribution in [0.15, 0.2) is 23.0 Å². The summed E-state index contributed by atoms with van der Waals surface area (Å²) >= 11 is 5.77. The van der Waals surface area contributed by atoms with Crippen molar-refractivity contribution in [1.29, 1.82) is 0 Å². The molecule has 1 saturated heterocycles. The van der Waals surface area contributed by atoms with Crippen LogP contribution in [0.1, 0.15) is 56.3 Å². The lowest BCUT2D eigenvalue weighted by molar-refractivity contribution is -0.117. The lowest BCUT2D eigenvalue weighted by atomic mass is 9.95. The van der Waals surface area contributed by atoms with Crippen LogP contribution in [0.25, 0.3) is 0 Å². The van der Waals surface area contributed by atoms with Crippen molar-refractivity contribution in [2.24, 2.45) is 7.05 Å². The fourth-order valence-electron chi connectivity index (χ4n) is 4.61. The van der Waals surface area contributed by atoms with E-state index in [9.17, 15) is 14.0 Å². The molecule has 0 bridgehead atoms. The van der Waals surface area contributed by atoms with Crippen molar-refractivity contribution in [1.82, 2.24) is 19.2 Å². The van der Waals surface area contributed by atoms with E-state index in [1.54, 1.807) is 7.05 Å². The van der Waals surface area contributed by atoms with Gasteiger partial charge >= 0.3 is 5.69 Å². The van der Waals surface area contributed by atoms with Gasteiger partial charge in [0.25, 0.3) is 0 Å². The minimum Gasteiger partial charge on any atom is -0.325 e. The van der Waals surface area contributed by atoms with Gasteiger partial charge in [-0.1, -0.05) is 24.4 Å². The molecule has 2 aliphatic rings. The molecule has 0 unspecified atom stereocenters. The predicted octanol–water partition coefficient (Wildman–Crippen LogP) is 3.31. The normalized spacial score (nSPS) is 18.8. The van der Waals surface area contributed by atoms with Gasteiger partial charge in [-0.2, -0.15) is 5.10 Å². The van der Waals surface area contributed by atoms with Gasteiger partial charge < -0.3 is 5.32 Å². The van der Waals surface area contributed by atoms with Crippen LogP contribution in [-0.4, -0.2) is 44.8 Å². The van der Waals surface area contributed by atoms with Crippen LogP contribution in [0, 0.1) is 5.82 Å². The Kier molecular flexibility index (Phi) is 6.24. The Hall–Kier alpha value is -2.19. The summed E-state index contributed by atoms with van der Waals surface area (Å²) in [5.41, 5.74) is 0.465. The van der Waals surface area contributed by atoms with E-state index in [2.05, 4.69) is 15.3 Å². The fraction of sp³-hybridized carbons (Fsp3) is 0.571. The smallest absolute Gasteiger partial charge is 0.325 e. The maximum atomic E-state index is 13.3. The number of nitrogens with one attached hydrogen (secondary N) is 1. The van der Waals surface area contributed by atoms with E-state index in [-0.39, 0.29) is 35.1 Å². The van der Waals surface area contributed by atoms with E-state index in [1.165, 1.54) is 22.9 Å². The zero-order valence-electron chi connectivity index (χ0n) is 17.1. The fourth-order valence-corrected chi connectivity index (χ4v) is 4.79. The maximum Gasteiger partial charge on any atom is 0.345 e. The second kappa shape index (κ2) is 8.89. The van der Waals surface area contributed by atoms with Gasteiger partial charge in [0.05, 0.1) is 11.6 Å². The number of carbonyl (C=O) groups is 1. The molecule has 1 N–H and O–H groups in total. The summed E-state index contributed by atoms with van der Waals surface area (Å²) in [4.78, 5) is 27.1. The number of carbonyl (C=O) groups excluding carboxylic acids is 1. The molecule has 9 heteroatoms. The number of nitrogens with zero attached hydrogens (tertiary/aromatic N) is 4. The molecule has 0 spiro atoms. The molecule has 1 aromatic heterocycles. The Bertz CT molecular complexity index is 974. The lowest BCUT2D eigenvalue weighted by Crippen LogP contribution is -2.39. The zero-order chi connectivity index (χ0) is 21.3. The number of aromatic nitrogens is 3. The SMILES string of the molecule is Cn1nc(C2CCN(CC(=O)Nc3ccc(F)c(Cl)c3)CC2)n(C2CCCC2)c1=O. The quantitative estimate of drug-likeness (QED) is 0.782. The first kappa shape index (κ1) is 21.1. The number of piperidine rings is 1. The monoisotopic (exact) mass is 435 g/mol. The van der Waals surface area contributed by atoms with Crippen LogP contribution >= 0.6 is 11.6 Å². The number of halogens is 2. The first-order valence-corrected chi connectivity index (χ1v) is 10.9. The van der Waals surface area contributed by atoms with Crippen molar-refractivity contribution in [2.75, 3.05) is 25.0 Å². The molecule has 0 atom stereocenters. The Morgan fingerprint density at radius 3 is 2.60 bits per heavy atom. The molecule has 1 aromatic carbocycles. The number of rotatable bonds is 5. The minimum atomic E-state index is -0.512. The van der Waals surface area contributed by atoms with Crippen LogP contribution in [0.4, 0.5) is 10.1 Å². The molecule has 7 nitrogen and oxygen atoms in total. The third-order valence-electron chi connectivity index (χ3n) is 6.20. The predicted molar refractivity (Wildman–Crippen MR) is 113 cm³/mol. The molecular weight excluding hydrogens is 409 g/mol. The Morgan fingerprint density at radius 1 is 1.23 bits per heavy atom. The van der Waals surface area contributed by atoms with Gasteiger partial charge in [0.15, 0.2) is 0 Å². The molecule has 1 amide bonds. The van der Waals surface area contributed by atoms with Crippen molar-refractivity contribution in [2.45, 2.75) is 50.5 Å². The van der Waals surface area contributed by atoms with Crippen molar-refractivity contribution in [3.8, 4) is 0 Å². The molecule has 4 rings (SSSR count). The van der Waals surface area contributed by atoms with Gasteiger partial charge in [0.1, 0.15) is 11.6 Å². The van der Waals surface area contributed by atoms with Crippen LogP contribution in [0.2, 0.25) is 5.02 Å². The highest BCUT2D eigenvalue weighted by Crippen LogP contribution is 2.33. The molecule has 1 aliphatic heterocycles. The summed E-state index contributed by atoms with van der Waals surface area (Å²) in [6.07, 6.45) is 6.14. The summed E-state index contributed by atoms with van der Waals surface area (Å²) in [6.45, 7) is 1.79. The van der Waals surface area contributed by atoms with Gasteiger partial charge in [0.2, 0.25) is 5.91 Å². The number of hydrogen-bond acceptors (Lipinski definition) is 4. The van der Waals surface area contributed by atoms with Crippen molar-refractivity contribution >= 4 is 23.2 Å². The molecule has 1 aliphatic carbocycles. The number of amides is 1. The molecule has 1 saturated carbocycles. The highest BCUT2D eigenvalue weighted by atomic mass is 35.5. The van der Waals surface area contributed by atoms with Crippen LogP contribution in [0.3, 0.4) is 0 Å². The number of aryl methyl sites for hydroxylation is 1. The molecule has 2 fully saturated rings. The van der Waals surface area contributed by atoms with Crippen LogP contribution < -0.4 is 11.0 Å². The van der Waals surface area contributed by atoms with Crippen molar-refractivity contribution < 1.29 is 9.18 Å². The summed E-state index contributed by atoms with van der Waals surface area (Å²) in [5.74, 6) is 0.466. The summed E-state index contributed by atoms with van der Waals surface area (Å²) in [7, 11) is 1.72. The highest BCUT2D eigenvalue weighted by Gasteiger charge is 2.30. The van der Waals surface area contributed by atoms with Crippen LogP contribution in [-0.2, 0) is 11.8 Å². The van der Waals surface area contributed by atoms with E-state index in [4.69, 9.17) is 11.6 Å². The van der Waals surface area contributed by atoms with E-state index in [1.807, 2.05) is 4.57 Å². The highest BCUT2D eigenvalue weighted by molar-refractivity contribution is 6.31. The van der Waals surface area contributed by atoms with Gasteiger partial charge in [0, 0.05) is 24.7 Å². The molecule has 2 aromatic rings. The van der Waals surface area contributed by atoms with Crippen LogP contribution in [0.5, 0.6) is 0 Å². The summed E-state index contributed by atoms with van der Waals surface area (Å²) < 4.78 is 16.6. The van der Waals surface area contributed by atoms with Crippen molar-refractivity contribution in [3.63, 3.8) is 0 Å². The summed E-state index contributed by atoms with van der Waals surface area (Å²) in [6, 6.07) is 4.41. The standard InChI is InChI=1S/C21H27ClFN5O2/c1-26-21(30)28(16-4-2-3-5-16)20(25-26)14-8-10-27(11-9-14)13-19(29)24-15-6-7-18(23)17(22)12-15/h6-7,12,14,16H,2-5,8-11,13H2,1H3,(H,24,29). The average Bonchev–Trinajstić information content (AvgIpc) is 3.34. The topological polar surface area (TPSA) is 72.2 Å². The molecule has 2 heterocycles. The van der Waals surface area contributed by atoms with Gasteiger partial charge in [-0.15, -0.1) is 0 Å². The number of likely N-dealkylation sites (tertiary alicyclic amines) is 1. The molecule has 0 radical (unpaired) electrons. The molecular formula is C21H27ClFN5O2. The Morgan fingerprint density at radius 2 is 1.93 bits per heavy atom. The number of anilines is 1. The second-order valence-corrected chi connectivity index (χ2v) is 8.71. The van der Waals surface area contributed by atoms with E-state index >= 15 is 0 Å². The Balaban J connectivity index is 1.35. The van der Waals surface area contributed by atoms with Gasteiger partial charge in [-0.05, 0) is 57.0 Å². The molecule has 30 heavy (non-hydrogen) atoms. The van der Waals surface area contributed by atoms with E-state index in [0.29, 0.717) is 5.69 Å². The van der Waals surface area contributed by atoms with Crippen molar-refractivity contribution in [3.05, 3.63) is 45.3 Å².